The van der Waals surface area contributed by atoms with Crippen LogP contribution in [0.3, 0.4) is 0 Å². The quantitative estimate of drug-likeness (QED) is 0.854. The second-order valence-corrected chi connectivity index (χ2v) is 6.15. The summed E-state index contributed by atoms with van der Waals surface area (Å²) in [7, 11) is 0. The van der Waals surface area contributed by atoms with E-state index in [1.165, 1.54) is 0 Å². The Morgan fingerprint density at radius 3 is 2.82 bits per heavy atom. The van der Waals surface area contributed by atoms with Gasteiger partial charge in [0.15, 0.2) is 0 Å². The van der Waals surface area contributed by atoms with E-state index in [1.54, 1.807) is 6.07 Å². The first-order chi connectivity index (χ1) is 8.00. The average Bonchev–Trinajstić information content (AvgIpc) is 2.59. The van der Waals surface area contributed by atoms with Crippen molar-refractivity contribution in [3.63, 3.8) is 0 Å². The lowest BCUT2D eigenvalue weighted by atomic mass is 9.82. The van der Waals surface area contributed by atoms with E-state index in [2.05, 4.69) is 29.5 Å². The maximum absolute atomic E-state index is 11.1. The van der Waals surface area contributed by atoms with Crippen LogP contribution in [0.4, 0.5) is 0 Å². The van der Waals surface area contributed by atoms with Gasteiger partial charge in [0.25, 0.3) is 0 Å². The molecule has 0 amide bonds. The highest BCUT2D eigenvalue weighted by Crippen LogP contribution is 2.32. The zero-order valence-electron chi connectivity index (χ0n) is 9.78. The van der Waals surface area contributed by atoms with Crippen LogP contribution in [0.1, 0.15) is 30.3 Å². The van der Waals surface area contributed by atoms with E-state index >= 15 is 0 Å². The number of hydrogen-bond acceptors (Lipinski definition) is 2. The van der Waals surface area contributed by atoms with E-state index in [0.29, 0.717) is 5.69 Å². The summed E-state index contributed by atoms with van der Waals surface area (Å²) in [6.45, 7) is 4.50. The highest BCUT2D eigenvalue weighted by atomic mass is 127. The molecule has 0 unspecified atom stereocenters. The summed E-state index contributed by atoms with van der Waals surface area (Å²) in [5.74, 6) is -0.858. The summed E-state index contributed by atoms with van der Waals surface area (Å²) in [6, 6.07) is 1.71. The molecule has 1 fully saturated rings. The molecule has 1 aromatic rings. The van der Waals surface area contributed by atoms with E-state index < -0.39 is 5.97 Å². The number of aromatic nitrogens is 1. The minimum Gasteiger partial charge on any atom is -0.477 e. The highest BCUT2D eigenvalue weighted by molar-refractivity contribution is 14.1. The van der Waals surface area contributed by atoms with E-state index in [9.17, 15) is 4.79 Å². The molecule has 0 bridgehead atoms. The van der Waals surface area contributed by atoms with Crippen molar-refractivity contribution < 1.29 is 14.6 Å². The number of ether oxygens (including phenoxy) is 1. The lowest BCUT2D eigenvalue weighted by Gasteiger charge is -2.34. The largest absolute Gasteiger partial charge is 0.477 e. The molecule has 0 atom stereocenters. The van der Waals surface area contributed by atoms with Gasteiger partial charge in [0.05, 0.1) is 0 Å². The van der Waals surface area contributed by atoms with Gasteiger partial charge < -0.3 is 14.4 Å². The first-order valence-corrected chi connectivity index (χ1v) is 6.75. The van der Waals surface area contributed by atoms with E-state index in [4.69, 9.17) is 9.84 Å². The van der Waals surface area contributed by atoms with Crippen molar-refractivity contribution in [2.45, 2.75) is 26.3 Å². The molecule has 0 aromatic carbocycles. The van der Waals surface area contributed by atoms with Gasteiger partial charge in [-0.2, -0.15) is 0 Å². The monoisotopic (exact) mass is 349 g/mol. The summed E-state index contributed by atoms with van der Waals surface area (Å²) in [5.41, 5.74) is 0.520. The predicted octanol–water partition coefficient (Wildman–Crippen LogP) is 2.61. The number of carboxylic acid groups (broad SMARTS) is 1. The minimum absolute atomic E-state index is 0.143. The van der Waals surface area contributed by atoms with Crippen LogP contribution in [0, 0.1) is 8.99 Å². The average molecular weight is 349 g/mol. The smallest absolute Gasteiger partial charge is 0.352 e. The van der Waals surface area contributed by atoms with Gasteiger partial charge in [-0.3, -0.25) is 0 Å². The molecule has 0 radical (unpaired) electrons. The van der Waals surface area contributed by atoms with Gasteiger partial charge in [-0.15, -0.1) is 0 Å². The van der Waals surface area contributed by atoms with Gasteiger partial charge in [0.1, 0.15) is 5.69 Å². The number of carboxylic acids is 1. The Bertz CT molecular complexity index is 421. The summed E-state index contributed by atoms with van der Waals surface area (Å²) >= 11 is 2.15. The Kier molecular flexibility index (Phi) is 3.77. The number of aromatic carboxylic acids is 1. The molecule has 94 valence electrons. The molecule has 0 aliphatic carbocycles. The van der Waals surface area contributed by atoms with Gasteiger partial charge in [0.2, 0.25) is 0 Å². The van der Waals surface area contributed by atoms with Crippen LogP contribution in [-0.2, 0) is 11.3 Å². The number of nitrogens with zero attached hydrogens (tertiary/aromatic N) is 1. The molecule has 1 aromatic heterocycles. The second kappa shape index (κ2) is 4.97. The first-order valence-electron chi connectivity index (χ1n) is 5.67. The van der Waals surface area contributed by atoms with Gasteiger partial charge in [-0.1, -0.05) is 6.92 Å². The predicted molar refractivity (Wildman–Crippen MR) is 72.3 cm³/mol. The SMILES string of the molecule is CC1(Cn2cc(I)cc2C(=O)O)CCOCC1. The molecule has 0 saturated carbocycles. The van der Waals surface area contributed by atoms with Gasteiger partial charge >= 0.3 is 5.97 Å². The van der Waals surface area contributed by atoms with Gasteiger partial charge in [-0.25, -0.2) is 4.79 Å². The summed E-state index contributed by atoms with van der Waals surface area (Å²) < 4.78 is 8.18. The third-order valence-electron chi connectivity index (χ3n) is 3.33. The van der Waals surface area contributed by atoms with Gasteiger partial charge in [0, 0.05) is 29.5 Å². The third-order valence-corrected chi connectivity index (χ3v) is 3.92. The molecule has 2 rings (SSSR count). The first kappa shape index (κ1) is 12.9. The minimum atomic E-state index is -0.858. The van der Waals surface area contributed by atoms with Crippen molar-refractivity contribution in [3.05, 3.63) is 21.5 Å². The normalized spacial score (nSPS) is 19.2. The van der Waals surface area contributed by atoms with Crippen LogP contribution in [0.5, 0.6) is 0 Å². The molecule has 1 aliphatic rings. The fourth-order valence-corrected chi connectivity index (χ4v) is 2.85. The Hall–Kier alpha value is -0.560. The summed E-state index contributed by atoms with van der Waals surface area (Å²) in [5, 5.41) is 9.14. The molecule has 1 N–H and O–H groups in total. The van der Waals surface area contributed by atoms with Crippen LogP contribution in [0.25, 0.3) is 0 Å². The maximum Gasteiger partial charge on any atom is 0.352 e. The molecular weight excluding hydrogens is 333 g/mol. The molecule has 2 heterocycles. The molecule has 1 saturated heterocycles. The number of hydrogen-bond donors (Lipinski definition) is 1. The molecule has 1 aliphatic heterocycles. The van der Waals surface area contributed by atoms with E-state index in [-0.39, 0.29) is 5.41 Å². The van der Waals surface area contributed by atoms with E-state index in [1.807, 2.05) is 10.8 Å². The molecule has 5 heteroatoms. The molecule has 0 spiro atoms. The van der Waals surface area contributed by atoms with Crippen molar-refractivity contribution in [1.82, 2.24) is 4.57 Å². The van der Waals surface area contributed by atoms with Crippen molar-refractivity contribution in [1.29, 1.82) is 0 Å². The van der Waals surface area contributed by atoms with Gasteiger partial charge in [-0.05, 0) is 46.9 Å². The summed E-state index contributed by atoms with van der Waals surface area (Å²) in [6.07, 6.45) is 3.88. The fourth-order valence-electron chi connectivity index (χ4n) is 2.22. The molecule has 17 heavy (non-hydrogen) atoms. The Morgan fingerprint density at radius 1 is 1.59 bits per heavy atom. The lowest BCUT2D eigenvalue weighted by Crippen LogP contribution is -2.31. The van der Waals surface area contributed by atoms with Crippen LogP contribution >= 0.6 is 22.6 Å². The second-order valence-electron chi connectivity index (χ2n) is 4.90. The van der Waals surface area contributed by atoms with Crippen LogP contribution < -0.4 is 0 Å². The highest BCUT2D eigenvalue weighted by Gasteiger charge is 2.29. The fraction of sp³-hybridized carbons (Fsp3) is 0.583. The standard InChI is InChI=1S/C12H16INO3/c1-12(2-4-17-5-3-12)8-14-7-9(13)6-10(14)11(15)16/h6-7H,2-5,8H2,1H3,(H,15,16). The van der Waals surface area contributed by atoms with E-state index in [0.717, 1.165) is 36.2 Å². The van der Waals surface area contributed by atoms with Crippen molar-refractivity contribution in [2.24, 2.45) is 5.41 Å². The Labute approximate surface area is 114 Å². The van der Waals surface area contributed by atoms with Crippen LogP contribution in [-0.4, -0.2) is 28.9 Å². The Balaban J connectivity index is 2.19. The zero-order valence-corrected chi connectivity index (χ0v) is 11.9. The van der Waals surface area contributed by atoms with Crippen molar-refractivity contribution >= 4 is 28.6 Å². The summed E-state index contributed by atoms with van der Waals surface area (Å²) in [4.78, 5) is 11.1. The maximum atomic E-state index is 11.1. The van der Waals surface area contributed by atoms with Crippen molar-refractivity contribution in [2.75, 3.05) is 13.2 Å². The molecule has 4 nitrogen and oxygen atoms in total. The topological polar surface area (TPSA) is 51.5 Å². The third kappa shape index (κ3) is 3.01. The number of carbonyl (C=O) groups is 1. The molecular formula is C12H16INO3. The number of rotatable bonds is 3. The lowest BCUT2D eigenvalue weighted by molar-refractivity contribution is 0.0150. The zero-order chi connectivity index (χ0) is 12.5. The van der Waals surface area contributed by atoms with Crippen LogP contribution in [0.15, 0.2) is 12.3 Å². The van der Waals surface area contributed by atoms with Crippen LogP contribution in [0.2, 0.25) is 0 Å². The number of halogens is 1. The van der Waals surface area contributed by atoms with Crippen molar-refractivity contribution in [3.8, 4) is 0 Å². The Morgan fingerprint density at radius 2 is 2.24 bits per heavy atom.